The highest BCUT2D eigenvalue weighted by molar-refractivity contribution is 5.30. The average molecular weight is 354 g/mol. The van der Waals surface area contributed by atoms with Gasteiger partial charge in [-0.2, -0.15) is 0 Å². The molecule has 0 radical (unpaired) electrons. The molecule has 2 aromatic carbocycles. The SMILES string of the molecule is COc1ccc(C(CN)NCCc2ccc(OC(F)(F)F)cc2)cc1. The van der Waals surface area contributed by atoms with Crippen LogP contribution in [-0.2, 0) is 6.42 Å². The van der Waals surface area contributed by atoms with Crippen molar-refractivity contribution >= 4 is 0 Å². The van der Waals surface area contributed by atoms with E-state index in [0.717, 1.165) is 16.9 Å². The lowest BCUT2D eigenvalue weighted by Gasteiger charge is -2.18. The summed E-state index contributed by atoms with van der Waals surface area (Å²) in [5.74, 6) is 0.558. The van der Waals surface area contributed by atoms with E-state index in [2.05, 4.69) is 10.1 Å². The molecule has 7 heteroatoms. The molecule has 136 valence electrons. The molecule has 2 aromatic rings. The summed E-state index contributed by atoms with van der Waals surface area (Å²) in [4.78, 5) is 0. The molecule has 0 aliphatic rings. The fourth-order valence-corrected chi connectivity index (χ4v) is 2.42. The van der Waals surface area contributed by atoms with Crippen molar-refractivity contribution in [2.24, 2.45) is 5.73 Å². The molecule has 3 N–H and O–H groups in total. The van der Waals surface area contributed by atoms with Gasteiger partial charge >= 0.3 is 6.36 Å². The Bertz CT molecular complexity index is 643. The Morgan fingerprint density at radius 2 is 1.60 bits per heavy atom. The van der Waals surface area contributed by atoms with E-state index < -0.39 is 6.36 Å². The van der Waals surface area contributed by atoms with Gasteiger partial charge in [-0.3, -0.25) is 0 Å². The van der Waals surface area contributed by atoms with Gasteiger partial charge in [0.15, 0.2) is 0 Å². The van der Waals surface area contributed by atoms with E-state index in [1.54, 1.807) is 19.2 Å². The van der Waals surface area contributed by atoms with Crippen LogP contribution in [0, 0.1) is 0 Å². The Morgan fingerprint density at radius 3 is 2.12 bits per heavy atom. The quantitative estimate of drug-likeness (QED) is 0.763. The molecule has 0 saturated carbocycles. The molecular weight excluding hydrogens is 333 g/mol. The predicted octanol–water partition coefficient (Wildman–Crippen LogP) is 3.43. The molecule has 0 heterocycles. The largest absolute Gasteiger partial charge is 0.573 e. The lowest BCUT2D eigenvalue weighted by molar-refractivity contribution is -0.274. The van der Waals surface area contributed by atoms with Crippen molar-refractivity contribution in [1.82, 2.24) is 5.32 Å². The summed E-state index contributed by atoms with van der Waals surface area (Å²) in [6.07, 6.45) is -4.01. The predicted molar refractivity (Wildman–Crippen MR) is 89.6 cm³/mol. The molecule has 1 unspecified atom stereocenters. The minimum atomic E-state index is -4.67. The van der Waals surface area contributed by atoms with Crippen LogP contribution in [-0.4, -0.2) is 26.6 Å². The van der Waals surface area contributed by atoms with Crippen LogP contribution in [0.15, 0.2) is 48.5 Å². The molecule has 0 aliphatic carbocycles. The van der Waals surface area contributed by atoms with Gasteiger partial charge in [-0.1, -0.05) is 24.3 Å². The van der Waals surface area contributed by atoms with E-state index in [4.69, 9.17) is 10.5 Å². The third kappa shape index (κ3) is 6.28. The third-order valence-corrected chi connectivity index (χ3v) is 3.72. The van der Waals surface area contributed by atoms with Gasteiger partial charge < -0.3 is 20.5 Å². The highest BCUT2D eigenvalue weighted by atomic mass is 19.4. The minimum Gasteiger partial charge on any atom is -0.497 e. The molecule has 0 saturated heterocycles. The summed E-state index contributed by atoms with van der Waals surface area (Å²) in [6.45, 7) is 1.08. The van der Waals surface area contributed by atoms with Crippen molar-refractivity contribution in [2.45, 2.75) is 18.8 Å². The third-order valence-electron chi connectivity index (χ3n) is 3.72. The number of ether oxygens (including phenoxy) is 2. The van der Waals surface area contributed by atoms with Crippen LogP contribution in [0.2, 0.25) is 0 Å². The topological polar surface area (TPSA) is 56.5 Å². The van der Waals surface area contributed by atoms with Crippen LogP contribution in [0.3, 0.4) is 0 Å². The normalized spacial score (nSPS) is 12.7. The smallest absolute Gasteiger partial charge is 0.497 e. The summed E-state index contributed by atoms with van der Waals surface area (Å²) in [5.41, 5.74) is 7.78. The first-order valence-electron chi connectivity index (χ1n) is 7.83. The molecule has 0 spiro atoms. The molecule has 0 aromatic heterocycles. The van der Waals surface area contributed by atoms with E-state index >= 15 is 0 Å². The Kier molecular flexibility index (Phi) is 6.66. The Balaban J connectivity index is 1.85. The van der Waals surface area contributed by atoms with Crippen LogP contribution in [0.4, 0.5) is 13.2 Å². The number of alkyl halides is 3. The molecule has 0 fully saturated rings. The van der Waals surface area contributed by atoms with Crippen LogP contribution >= 0.6 is 0 Å². The molecule has 0 bridgehead atoms. The van der Waals surface area contributed by atoms with Gasteiger partial charge in [0, 0.05) is 12.6 Å². The summed E-state index contributed by atoms with van der Waals surface area (Å²) in [5, 5.41) is 3.35. The molecule has 4 nitrogen and oxygen atoms in total. The fraction of sp³-hybridized carbons (Fsp3) is 0.333. The standard InChI is InChI=1S/C18H21F3N2O2/c1-24-15-8-4-14(5-9-15)17(12-22)23-11-10-13-2-6-16(7-3-13)25-18(19,20)21/h2-9,17,23H,10-12,22H2,1H3. The van der Waals surface area contributed by atoms with Gasteiger partial charge in [0.1, 0.15) is 11.5 Å². The first-order valence-corrected chi connectivity index (χ1v) is 7.83. The van der Waals surface area contributed by atoms with Gasteiger partial charge in [0.25, 0.3) is 0 Å². The highest BCUT2D eigenvalue weighted by Gasteiger charge is 2.30. The Hall–Kier alpha value is -2.25. The number of halogens is 3. The van der Waals surface area contributed by atoms with Crippen molar-refractivity contribution in [3.05, 3.63) is 59.7 Å². The molecule has 0 aliphatic heterocycles. The van der Waals surface area contributed by atoms with Crippen molar-refractivity contribution in [3.63, 3.8) is 0 Å². The minimum absolute atomic E-state index is 0.00116. The number of methoxy groups -OCH3 is 1. The second kappa shape index (κ2) is 8.73. The van der Waals surface area contributed by atoms with E-state index in [0.29, 0.717) is 19.5 Å². The fourth-order valence-electron chi connectivity index (χ4n) is 2.42. The van der Waals surface area contributed by atoms with Gasteiger partial charge in [-0.15, -0.1) is 13.2 Å². The van der Waals surface area contributed by atoms with E-state index in [1.807, 2.05) is 24.3 Å². The zero-order chi connectivity index (χ0) is 18.3. The van der Waals surface area contributed by atoms with Crippen molar-refractivity contribution in [3.8, 4) is 11.5 Å². The maximum Gasteiger partial charge on any atom is 0.573 e. The molecule has 0 amide bonds. The zero-order valence-corrected chi connectivity index (χ0v) is 13.8. The maximum atomic E-state index is 12.1. The van der Waals surface area contributed by atoms with Gasteiger partial charge in [-0.05, 0) is 48.4 Å². The number of hydrogen-bond donors (Lipinski definition) is 2. The monoisotopic (exact) mass is 354 g/mol. The first kappa shape index (κ1) is 19.1. The van der Waals surface area contributed by atoms with E-state index in [9.17, 15) is 13.2 Å². The lowest BCUT2D eigenvalue weighted by atomic mass is 10.1. The summed E-state index contributed by atoms with van der Waals surface area (Å²) in [6, 6.07) is 13.5. The lowest BCUT2D eigenvalue weighted by Crippen LogP contribution is -2.29. The number of nitrogens with one attached hydrogen (secondary N) is 1. The summed E-state index contributed by atoms with van der Waals surface area (Å²) >= 11 is 0. The zero-order valence-electron chi connectivity index (χ0n) is 13.8. The summed E-state index contributed by atoms with van der Waals surface area (Å²) < 4.78 is 45.4. The van der Waals surface area contributed by atoms with Gasteiger partial charge in [0.2, 0.25) is 0 Å². The van der Waals surface area contributed by atoms with E-state index in [-0.39, 0.29) is 11.8 Å². The average Bonchev–Trinajstić information content (AvgIpc) is 2.59. The number of benzene rings is 2. The second-order valence-corrected chi connectivity index (χ2v) is 5.46. The molecule has 1 atom stereocenters. The van der Waals surface area contributed by atoms with Crippen LogP contribution in [0.1, 0.15) is 17.2 Å². The van der Waals surface area contributed by atoms with Crippen LogP contribution in [0.5, 0.6) is 11.5 Å². The maximum absolute atomic E-state index is 12.1. The van der Waals surface area contributed by atoms with Crippen molar-refractivity contribution < 1.29 is 22.6 Å². The number of hydrogen-bond acceptors (Lipinski definition) is 4. The first-order chi connectivity index (χ1) is 11.9. The van der Waals surface area contributed by atoms with Crippen molar-refractivity contribution in [2.75, 3.05) is 20.2 Å². The summed E-state index contributed by atoms with van der Waals surface area (Å²) in [7, 11) is 1.61. The van der Waals surface area contributed by atoms with Gasteiger partial charge in [0.05, 0.1) is 7.11 Å². The Morgan fingerprint density at radius 1 is 1.00 bits per heavy atom. The second-order valence-electron chi connectivity index (χ2n) is 5.46. The van der Waals surface area contributed by atoms with Gasteiger partial charge in [-0.25, -0.2) is 0 Å². The molecule has 25 heavy (non-hydrogen) atoms. The van der Waals surface area contributed by atoms with Crippen molar-refractivity contribution in [1.29, 1.82) is 0 Å². The molecular formula is C18H21F3N2O2. The van der Waals surface area contributed by atoms with Crippen LogP contribution < -0.4 is 20.5 Å². The number of nitrogens with two attached hydrogens (primary N) is 1. The van der Waals surface area contributed by atoms with E-state index in [1.165, 1.54) is 12.1 Å². The number of rotatable bonds is 8. The molecule has 2 rings (SSSR count). The highest BCUT2D eigenvalue weighted by Crippen LogP contribution is 2.23. The Labute approximate surface area is 144 Å². The van der Waals surface area contributed by atoms with Crippen LogP contribution in [0.25, 0.3) is 0 Å².